The van der Waals surface area contributed by atoms with Crippen molar-refractivity contribution in [3.8, 4) is 0 Å². The number of nitrogens with zero attached hydrogens (tertiary/aromatic N) is 1. The monoisotopic (exact) mass is 288 g/mol. The third-order valence-corrected chi connectivity index (χ3v) is 5.51. The van der Waals surface area contributed by atoms with Gasteiger partial charge in [0, 0.05) is 12.3 Å². The number of carbonyl (C=O) groups is 3. The lowest BCUT2D eigenvalue weighted by Gasteiger charge is -2.44. The Morgan fingerprint density at radius 2 is 1.89 bits per heavy atom. The summed E-state index contributed by atoms with van der Waals surface area (Å²) in [5.41, 5.74) is -1.14. The molecule has 0 unspecified atom stereocenters. The summed E-state index contributed by atoms with van der Waals surface area (Å²) < 4.78 is 22.9. The molecule has 0 aromatic heterocycles. The quantitative estimate of drug-likeness (QED) is 0.714. The molecule has 1 aliphatic heterocycles. The third kappa shape index (κ3) is 2.24. The first-order chi connectivity index (χ1) is 8.82. The number of hydrogen-bond donors (Lipinski definition) is 1. The molecule has 0 aromatic rings. The van der Waals surface area contributed by atoms with E-state index in [1.165, 1.54) is 6.92 Å². The summed E-state index contributed by atoms with van der Waals surface area (Å²) in [6.45, 7) is 1.31. The Balaban J connectivity index is 2.14. The van der Waals surface area contributed by atoms with E-state index in [2.05, 4.69) is 5.32 Å². The molecule has 7 nitrogen and oxygen atoms in total. The molecule has 1 saturated carbocycles. The maximum absolute atomic E-state index is 12.2. The van der Waals surface area contributed by atoms with Gasteiger partial charge in [0.1, 0.15) is 5.41 Å². The number of carbonyl (C=O) groups excluding carboxylic acids is 3. The van der Waals surface area contributed by atoms with Crippen LogP contribution in [-0.4, -0.2) is 49.2 Å². The zero-order valence-corrected chi connectivity index (χ0v) is 11.5. The van der Waals surface area contributed by atoms with Crippen LogP contribution in [0.25, 0.3) is 0 Å². The Hall–Kier alpha value is -1.44. The van der Waals surface area contributed by atoms with Crippen LogP contribution in [0.3, 0.4) is 0 Å². The van der Waals surface area contributed by atoms with Crippen molar-refractivity contribution in [2.75, 3.05) is 18.1 Å². The zero-order valence-electron chi connectivity index (χ0n) is 10.6. The van der Waals surface area contributed by atoms with Gasteiger partial charge in [0.05, 0.1) is 5.75 Å². The Kier molecular flexibility index (Phi) is 3.38. The van der Waals surface area contributed by atoms with Crippen LogP contribution in [0.15, 0.2) is 0 Å². The first kappa shape index (κ1) is 14.0. The molecule has 1 saturated heterocycles. The van der Waals surface area contributed by atoms with Crippen LogP contribution in [-0.2, 0) is 19.4 Å². The molecular formula is C11H16N2O5S. The van der Waals surface area contributed by atoms with Gasteiger partial charge in [-0.2, -0.15) is 0 Å². The molecule has 2 aliphatic rings. The molecule has 0 atom stereocenters. The molecule has 0 aromatic carbocycles. The Morgan fingerprint density at radius 3 is 2.37 bits per heavy atom. The fourth-order valence-corrected chi connectivity index (χ4v) is 3.03. The Labute approximate surface area is 111 Å². The Bertz CT molecular complexity index is 535. The number of sulfone groups is 1. The summed E-state index contributed by atoms with van der Waals surface area (Å²) in [6.07, 6.45) is 1.60. The standard InChI is InChI=1S/C11H16N2O5S/c1-2-19(17,18)7-6-13-9(15)11(4-3-5-11)8(14)12-10(13)16/h2-7H2,1H3,(H,12,14,16). The van der Waals surface area contributed by atoms with E-state index < -0.39 is 33.1 Å². The molecule has 19 heavy (non-hydrogen) atoms. The minimum atomic E-state index is -3.26. The number of imide groups is 2. The van der Waals surface area contributed by atoms with Crippen molar-refractivity contribution in [2.45, 2.75) is 26.2 Å². The van der Waals surface area contributed by atoms with Crippen molar-refractivity contribution >= 4 is 27.7 Å². The highest BCUT2D eigenvalue weighted by molar-refractivity contribution is 7.91. The smallest absolute Gasteiger partial charge is 0.277 e. The molecular weight excluding hydrogens is 272 g/mol. The highest BCUT2D eigenvalue weighted by Crippen LogP contribution is 2.44. The van der Waals surface area contributed by atoms with Gasteiger partial charge in [-0.1, -0.05) is 13.3 Å². The molecule has 0 radical (unpaired) electrons. The van der Waals surface area contributed by atoms with E-state index in [4.69, 9.17) is 0 Å². The molecule has 0 bridgehead atoms. The Morgan fingerprint density at radius 1 is 1.26 bits per heavy atom. The highest BCUT2D eigenvalue weighted by atomic mass is 32.2. The van der Waals surface area contributed by atoms with Gasteiger partial charge in [0.15, 0.2) is 9.84 Å². The van der Waals surface area contributed by atoms with Gasteiger partial charge in [0.25, 0.3) is 0 Å². The van der Waals surface area contributed by atoms with E-state index in [9.17, 15) is 22.8 Å². The van der Waals surface area contributed by atoms with Crippen molar-refractivity contribution in [1.82, 2.24) is 10.2 Å². The third-order valence-electron chi connectivity index (χ3n) is 3.83. The second-order valence-electron chi connectivity index (χ2n) is 4.89. The molecule has 8 heteroatoms. The summed E-state index contributed by atoms with van der Waals surface area (Å²) in [6, 6.07) is -0.821. The topological polar surface area (TPSA) is 101 Å². The number of nitrogens with one attached hydrogen (secondary N) is 1. The van der Waals surface area contributed by atoms with Crippen LogP contribution in [0.1, 0.15) is 26.2 Å². The lowest BCUT2D eigenvalue weighted by atomic mass is 9.66. The fraction of sp³-hybridized carbons (Fsp3) is 0.727. The predicted molar refractivity (Wildman–Crippen MR) is 65.9 cm³/mol. The molecule has 4 amide bonds. The van der Waals surface area contributed by atoms with Crippen molar-refractivity contribution in [2.24, 2.45) is 5.41 Å². The average Bonchev–Trinajstić information content (AvgIpc) is 2.26. The SMILES string of the molecule is CCS(=O)(=O)CCN1C(=O)NC(=O)C2(CCC2)C1=O. The number of barbiturate groups is 1. The number of amides is 4. The van der Waals surface area contributed by atoms with Crippen molar-refractivity contribution in [3.05, 3.63) is 0 Å². The van der Waals surface area contributed by atoms with Gasteiger partial charge >= 0.3 is 6.03 Å². The van der Waals surface area contributed by atoms with E-state index >= 15 is 0 Å². The summed E-state index contributed by atoms with van der Waals surface area (Å²) in [4.78, 5) is 36.4. The summed E-state index contributed by atoms with van der Waals surface area (Å²) >= 11 is 0. The van der Waals surface area contributed by atoms with E-state index in [1.807, 2.05) is 0 Å². The van der Waals surface area contributed by atoms with Crippen LogP contribution in [0, 0.1) is 5.41 Å². The summed E-state index contributed by atoms with van der Waals surface area (Å²) in [5.74, 6) is -1.42. The van der Waals surface area contributed by atoms with E-state index in [1.54, 1.807) is 0 Å². The molecule has 2 fully saturated rings. The number of urea groups is 1. The van der Waals surface area contributed by atoms with Crippen LogP contribution >= 0.6 is 0 Å². The molecule has 1 spiro atoms. The van der Waals surface area contributed by atoms with E-state index in [0.29, 0.717) is 12.8 Å². The lowest BCUT2D eigenvalue weighted by molar-refractivity contribution is -0.157. The normalized spacial score (nSPS) is 22.4. The summed E-state index contributed by atoms with van der Waals surface area (Å²) in [5, 5.41) is 2.14. The largest absolute Gasteiger partial charge is 0.330 e. The predicted octanol–water partition coefficient (Wildman–Crippen LogP) is -0.330. The van der Waals surface area contributed by atoms with Crippen molar-refractivity contribution in [3.63, 3.8) is 0 Å². The number of hydrogen-bond acceptors (Lipinski definition) is 5. The first-order valence-electron chi connectivity index (χ1n) is 6.20. The van der Waals surface area contributed by atoms with Gasteiger partial charge in [-0.25, -0.2) is 13.2 Å². The van der Waals surface area contributed by atoms with Gasteiger partial charge < -0.3 is 0 Å². The van der Waals surface area contributed by atoms with Crippen molar-refractivity contribution in [1.29, 1.82) is 0 Å². The first-order valence-corrected chi connectivity index (χ1v) is 8.02. The fourth-order valence-electron chi connectivity index (χ4n) is 2.28. The maximum atomic E-state index is 12.2. The second-order valence-corrected chi connectivity index (χ2v) is 7.36. The van der Waals surface area contributed by atoms with Crippen molar-refractivity contribution < 1.29 is 22.8 Å². The van der Waals surface area contributed by atoms with Crippen LogP contribution < -0.4 is 5.32 Å². The van der Waals surface area contributed by atoms with Gasteiger partial charge in [-0.15, -0.1) is 0 Å². The summed E-state index contributed by atoms with van der Waals surface area (Å²) in [7, 11) is -3.26. The number of rotatable bonds is 4. The van der Waals surface area contributed by atoms with Gasteiger partial charge in [-0.05, 0) is 12.8 Å². The highest BCUT2D eigenvalue weighted by Gasteiger charge is 2.57. The van der Waals surface area contributed by atoms with E-state index in [-0.39, 0.29) is 18.1 Å². The molecule has 2 rings (SSSR count). The maximum Gasteiger partial charge on any atom is 0.330 e. The zero-order chi connectivity index (χ0) is 14.3. The molecule has 1 aliphatic carbocycles. The minimum absolute atomic E-state index is 0.0409. The van der Waals surface area contributed by atoms with Crippen LogP contribution in [0.2, 0.25) is 0 Å². The average molecular weight is 288 g/mol. The molecule has 1 heterocycles. The van der Waals surface area contributed by atoms with Crippen LogP contribution in [0.5, 0.6) is 0 Å². The lowest BCUT2D eigenvalue weighted by Crippen LogP contribution is -2.66. The van der Waals surface area contributed by atoms with Gasteiger partial charge in [-0.3, -0.25) is 19.8 Å². The van der Waals surface area contributed by atoms with E-state index in [0.717, 1.165) is 11.3 Å². The van der Waals surface area contributed by atoms with Crippen LogP contribution in [0.4, 0.5) is 4.79 Å². The molecule has 1 N–H and O–H groups in total. The minimum Gasteiger partial charge on any atom is -0.277 e. The molecule has 106 valence electrons. The second kappa shape index (κ2) is 4.59. The van der Waals surface area contributed by atoms with Gasteiger partial charge in [0.2, 0.25) is 11.8 Å².